The first-order valence-electron chi connectivity index (χ1n) is 6.92. The number of nitrogens with zero attached hydrogens (tertiary/aromatic N) is 2. The van der Waals surface area contributed by atoms with Crippen LogP contribution >= 0.6 is 23.2 Å². The van der Waals surface area contributed by atoms with Crippen molar-refractivity contribution in [1.29, 1.82) is 0 Å². The van der Waals surface area contributed by atoms with Gasteiger partial charge in [0, 0.05) is 12.0 Å². The molecule has 1 aromatic heterocycles. The Bertz CT molecular complexity index is 901. The molecule has 4 N–H and O–H groups in total. The Morgan fingerprint density at radius 1 is 1.21 bits per heavy atom. The molecule has 122 valence electrons. The summed E-state index contributed by atoms with van der Waals surface area (Å²) >= 11 is 12.7. The van der Waals surface area contributed by atoms with Crippen LogP contribution in [-0.2, 0) is 6.42 Å². The van der Waals surface area contributed by atoms with Gasteiger partial charge in [0.05, 0.1) is 15.6 Å². The van der Waals surface area contributed by atoms with E-state index in [1.165, 1.54) is 12.1 Å². The van der Waals surface area contributed by atoms with E-state index in [-0.39, 0.29) is 11.5 Å². The number of halogens is 2. The number of aromatic carboxylic acids is 1. The van der Waals surface area contributed by atoms with Crippen LogP contribution in [0.1, 0.15) is 21.7 Å². The summed E-state index contributed by atoms with van der Waals surface area (Å²) in [5.41, 5.74) is 7.70. The van der Waals surface area contributed by atoms with Crippen LogP contribution in [0.25, 0.3) is 11.1 Å². The molecule has 0 aliphatic rings. The Kier molecular flexibility index (Phi) is 4.42. The van der Waals surface area contributed by atoms with Crippen LogP contribution in [0, 0.1) is 0 Å². The van der Waals surface area contributed by atoms with Crippen molar-refractivity contribution in [2.24, 2.45) is 0 Å². The van der Waals surface area contributed by atoms with Crippen molar-refractivity contribution in [2.75, 3.05) is 5.73 Å². The van der Waals surface area contributed by atoms with E-state index in [4.69, 9.17) is 34.0 Å². The molecular formula is C16H12Cl2N4O2. The number of hydrogen-bond donors (Lipinski definition) is 3. The highest BCUT2D eigenvalue weighted by atomic mass is 35.5. The zero-order valence-electron chi connectivity index (χ0n) is 12.3. The van der Waals surface area contributed by atoms with E-state index in [1.807, 2.05) is 0 Å². The van der Waals surface area contributed by atoms with E-state index in [0.29, 0.717) is 33.4 Å². The van der Waals surface area contributed by atoms with Gasteiger partial charge in [0.15, 0.2) is 0 Å². The minimum atomic E-state index is -1.01. The molecule has 6 nitrogen and oxygen atoms in total. The number of carboxylic acid groups (broad SMARTS) is 1. The Hall–Kier alpha value is -2.57. The van der Waals surface area contributed by atoms with Crippen LogP contribution in [0.5, 0.6) is 0 Å². The first kappa shape index (κ1) is 16.3. The summed E-state index contributed by atoms with van der Waals surface area (Å²) < 4.78 is 0. The highest BCUT2D eigenvalue weighted by Gasteiger charge is 2.13. The number of carbonyl (C=O) groups is 1. The number of anilines is 1. The second-order valence-electron chi connectivity index (χ2n) is 5.14. The van der Waals surface area contributed by atoms with Crippen LogP contribution < -0.4 is 5.73 Å². The number of nitrogen functional groups attached to an aromatic ring is 1. The molecule has 0 saturated heterocycles. The third-order valence-electron chi connectivity index (χ3n) is 3.42. The molecule has 0 unspecified atom stereocenters. The van der Waals surface area contributed by atoms with Crippen LogP contribution in [0.3, 0.4) is 0 Å². The van der Waals surface area contributed by atoms with Crippen LogP contribution in [0.2, 0.25) is 10.0 Å². The SMILES string of the molecule is Nc1n[nH]c(Cc2cc(Cl)c(-c3cccc(C(=O)O)c3)c(Cl)c2)n1. The minimum absolute atomic E-state index is 0.167. The molecule has 0 bridgehead atoms. The van der Waals surface area contributed by atoms with Crippen molar-refractivity contribution in [3.8, 4) is 11.1 Å². The van der Waals surface area contributed by atoms with Gasteiger partial charge < -0.3 is 10.8 Å². The summed E-state index contributed by atoms with van der Waals surface area (Å²) in [5, 5.41) is 16.5. The third-order valence-corrected chi connectivity index (χ3v) is 4.02. The first-order chi connectivity index (χ1) is 11.4. The summed E-state index contributed by atoms with van der Waals surface area (Å²) in [6, 6.07) is 9.97. The summed E-state index contributed by atoms with van der Waals surface area (Å²) in [6.45, 7) is 0. The molecule has 0 atom stereocenters. The maximum Gasteiger partial charge on any atom is 0.335 e. The molecule has 2 aromatic carbocycles. The number of benzene rings is 2. The average Bonchev–Trinajstić information content (AvgIpc) is 2.92. The summed E-state index contributed by atoms with van der Waals surface area (Å²) in [5.74, 6) is -0.242. The number of carboxylic acids is 1. The fourth-order valence-corrected chi connectivity index (χ4v) is 3.14. The molecule has 3 rings (SSSR count). The number of aromatic amines is 1. The molecule has 0 spiro atoms. The van der Waals surface area contributed by atoms with E-state index in [0.717, 1.165) is 5.56 Å². The van der Waals surface area contributed by atoms with Gasteiger partial charge in [-0.05, 0) is 35.4 Å². The van der Waals surface area contributed by atoms with Crippen LogP contribution in [0.15, 0.2) is 36.4 Å². The van der Waals surface area contributed by atoms with Gasteiger partial charge in [0.2, 0.25) is 5.95 Å². The van der Waals surface area contributed by atoms with Gasteiger partial charge in [-0.15, -0.1) is 5.10 Å². The monoisotopic (exact) mass is 362 g/mol. The standard InChI is InChI=1S/C16H12Cl2N4O2/c17-11-4-8(6-13-20-16(19)22-21-13)5-12(18)14(11)9-2-1-3-10(7-9)15(23)24/h1-5,7H,6H2,(H,23,24)(H3,19,20,21,22). The predicted octanol–water partition coefficient (Wildman–Crippen LogP) is 3.65. The van der Waals surface area contributed by atoms with Crippen molar-refractivity contribution in [2.45, 2.75) is 6.42 Å². The molecule has 3 aromatic rings. The molecular weight excluding hydrogens is 351 g/mol. The number of nitrogens with two attached hydrogens (primary N) is 1. The molecule has 0 amide bonds. The molecule has 1 heterocycles. The van der Waals surface area contributed by atoms with Gasteiger partial charge in [0.1, 0.15) is 5.82 Å². The number of aromatic nitrogens is 3. The van der Waals surface area contributed by atoms with E-state index < -0.39 is 5.97 Å². The van der Waals surface area contributed by atoms with Gasteiger partial charge in [0.25, 0.3) is 0 Å². The van der Waals surface area contributed by atoms with Crippen molar-refractivity contribution in [3.05, 3.63) is 63.4 Å². The van der Waals surface area contributed by atoms with Gasteiger partial charge in [-0.1, -0.05) is 35.3 Å². The number of H-pyrrole nitrogens is 1. The zero-order chi connectivity index (χ0) is 17.3. The Morgan fingerprint density at radius 3 is 2.50 bits per heavy atom. The van der Waals surface area contributed by atoms with Crippen LogP contribution in [0.4, 0.5) is 5.95 Å². The Labute approximate surface area is 147 Å². The van der Waals surface area contributed by atoms with Crippen molar-refractivity contribution in [1.82, 2.24) is 15.2 Å². The van der Waals surface area contributed by atoms with E-state index >= 15 is 0 Å². The molecule has 0 aliphatic carbocycles. The molecule has 0 fully saturated rings. The number of rotatable bonds is 4. The van der Waals surface area contributed by atoms with Crippen molar-refractivity contribution < 1.29 is 9.90 Å². The zero-order valence-corrected chi connectivity index (χ0v) is 13.8. The lowest BCUT2D eigenvalue weighted by Gasteiger charge is -2.10. The number of nitrogens with one attached hydrogen (secondary N) is 1. The lowest BCUT2D eigenvalue weighted by molar-refractivity contribution is 0.0697. The third kappa shape index (κ3) is 3.34. The summed E-state index contributed by atoms with van der Waals surface area (Å²) in [6.07, 6.45) is 0.444. The smallest absolute Gasteiger partial charge is 0.335 e. The fraction of sp³-hybridized carbons (Fsp3) is 0.0625. The predicted molar refractivity (Wildman–Crippen MR) is 92.5 cm³/mol. The molecule has 8 heteroatoms. The van der Waals surface area contributed by atoms with E-state index in [9.17, 15) is 4.79 Å². The fourth-order valence-electron chi connectivity index (χ4n) is 2.39. The molecule has 0 saturated carbocycles. The van der Waals surface area contributed by atoms with Gasteiger partial charge in [-0.25, -0.2) is 4.79 Å². The average molecular weight is 363 g/mol. The maximum atomic E-state index is 11.1. The summed E-state index contributed by atoms with van der Waals surface area (Å²) in [7, 11) is 0. The topological polar surface area (TPSA) is 105 Å². The molecule has 0 aliphatic heterocycles. The van der Waals surface area contributed by atoms with Crippen molar-refractivity contribution >= 4 is 35.1 Å². The Morgan fingerprint density at radius 2 is 1.92 bits per heavy atom. The highest BCUT2D eigenvalue weighted by molar-refractivity contribution is 6.39. The van der Waals surface area contributed by atoms with Gasteiger partial charge in [-0.3, -0.25) is 5.10 Å². The van der Waals surface area contributed by atoms with Gasteiger partial charge in [-0.2, -0.15) is 4.98 Å². The molecule has 24 heavy (non-hydrogen) atoms. The summed E-state index contributed by atoms with van der Waals surface area (Å²) in [4.78, 5) is 15.2. The quantitative estimate of drug-likeness (QED) is 0.656. The second kappa shape index (κ2) is 6.51. The lowest BCUT2D eigenvalue weighted by Crippen LogP contribution is -1.97. The number of hydrogen-bond acceptors (Lipinski definition) is 4. The Balaban J connectivity index is 1.98. The normalized spacial score (nSPS) is 10.8. The maximum absolute atomic E-state index is 11.1. The van der Waals surface area contributed by atoms with E-state index in [2.05, 4.69) is 15.2 Å². The van der Waals surface area contributed by atoms with Gasteiger partial charge >= 0.3 is 5.97 Å². The minimum Gasteiger partial charge on any atom is -0.478 e. The first-order valence-corrected chi connectivity index (χ1v) is 7.68. The van der Waals surface area contributed by atoms with E-state index in [1.54, 1.807) is 24.3 Å². The second-order valence-corrected chi connectivity index (χ2v) is 5.95. The van der Waals surface area contributed by atoms with Crippen LogP contribution in [-0.4, -0.2) is 26.3 Å². The highest BCUT2D eigenvalue weighted by Crippen LogP contribution is 2.36. The largest absolute Gasteiger partial charge is 0.478 e. The molecule has 0 radical (unpaired) electrons. The van der Waals surface area contributed by atoms with Crippen molar-refractivity contribution in [3.63, 3.8) is 0 Å². The lowest BCUT2D eigenvalue weighted by atomic mass is 10.0.